The molecule has 0 unspecified atom stereocenters. The summed E-state index contributed by atoms with van der Waals surface area (Å²) in [5.74, 6) is 0.624. The average molecular weight is 634 g/mol. The van der Waals surface area contributed by atoms with Crippen LogP contribution in [0.3, 0.4) is 0 Å². The van der Waals surface area contributed by atoms with E-state index < -0.39 is 22.5 Å². The van der Waals surface area contributed by atoms with Gasteiger partial charge in [0.25, 0.3) is 10.0 Å². The van der Waals surface area contributed by atoms with Crippen molar-refractivity contribution in [2.24, 2.45) is 0 Å². The van der Waals surface area contributed by atoms with Gasteiger partial charge in [0.2, 0.25) is 0 Å². The zero-order valence-electron chi connectivity index (χ0n) is 24.0. The number of nitrogens with zero attached hydrogens (tertiary/aromatic N) is 5. The van der Waals surface area contributed by atoms with Crippen molar-refractivity contribution in [2.45, 2.75) is 31.6 Å². The topological polar surface area (TPSA) is 110 Å². The Morgan fingerprint density at radius 1 is 1.02 bits per heavy atom. The van der Waals surface area contributed by atoms with Gasteiger partial charge in [-0.15, -0.1) is 10.2 Å². The highest BCUT2D eigenvalue weighted by Crippen LogP contribution is 2.32. The molecule has 2 aromatic heterocycles. The molecule has 0 spiro atoms. The van der Waals surface area contributed by atoms with Crippen molar-refractivity contribution in [1.82, 2.24) is 19.7 Å². The van der Waals surface area contributed by atoms with Gasteiger partial charge in [-0.05, 0) is 82.0 Å². The minimum atomic E-state index is -4.24. The first-order valence-electron chi connectivity index (χ1n) is 13.5. The Bertz CT molecular complexity index is 1640. The van der Waals surface area contributed by atoms with E-state index in [9.17, 15) is 13.2 Å². The predicted molar refractivity (Wildman–Crippen MR) is 168 cm³/mol. The second-order valence-corrected chi connectivity index (χ2v) is 12.8. The van der Waals surface area contributed by atoms with Crippen LogP contribution in [0, 0.1) is 6.92 Å². The van der Waals surface area contributed by atoms with E-state index in [4.69, 9.17) is 27.9 Å². The quantitative estimate of drug-likeness (QED) is 0.151. The zero-order valence-corrected chi connectivity index (χ0v) is 26.3. The molecule has 4 rings (SSSR count). The lowest BCUT2D eigenvalue weighted by molar-refractivity contribution is -0.141. The number of halogens is 2. The molecule has 0 saturated carbocycles. The molecule has 2 aromatic carbocycles. The first-order chi connectivity index (χ1) is 20.0. The molecule has 0 aliphatic carbocycles. The summed E-state index contributed by atoms with van der Waals surface area (Å²) in [5.41, 5.74) is 1.96. The minimum absolute atomic E-state index is 0.134. The third-order valence-electron chi connectivity index (χ3n) is 6.46. The molecule has 0 saturated heterocycles. The fourth-order valence-corrected chi connectivity index (χ4v) is 6.49. The number of sulfonamides is 1. The van der Waals surface area contributed by atoms with E-state index in [0.29, 0.717) is 18.1 Å². The summed E-state index contributed by atoms with van der Waals surface area (Å²) in [7, 11) is -0.237. The van der Waals surface area contributed by atoms with Gasteiger partial charge in [0.1, 0.15) is 12.4 Å². The average Bonchev–Trinajstić information content (AvgIpc) is 3.26. The molecular weight excluding hydrogens is 599 g/mol. The number of unbranched alkanes of at least 4 members (excludes halogenated alkanes) is 1. The van der Waals surface area contributed by atoms with Gasteiger partial charge in [0, 0.05) is 34.2 Å². The smallest absolute Gasteiger partial charge is 0.326 e. The van der Waals surface area contributed by atoms with Crippen LogP contribution in [-0.4, -0.2) is 74.4 Å². The maximum atomic E-state index is 13.8. The Hall–Kier alpha value is -3.38. The van der Waals surface area contributed by atoms with Gasteiger partial charge in [-0.25, -0.2) is 8.42 Å². The van der Waals surface area contributed by atoms with Crippen LogP contribution >= 0.6 is 23.2 Å². The lowest BCUT2D eigenvalue weighted by Gasteiger charge is -2.24. The number of esters is 1. The van der Waals surface area contributed by atoms with Crippen LogP contribution in [0.1, 0.15) is 25.5 Å². The van der Waals surface area contributed by atoms with Crippen molar-refractivity contribution in [3.63, 3.8) is 0 Å². The van der Waals surface area contributed by atoms with E-state index in [1.54, 1.807) is 18.2 Å². The molecule has 0 fully saturated rings. The molecule has 0 bridgehead atoms. The van der Waals surface area contributed by atoms with Crippen LogP contribution in [-0.2, 0) is 19.6 Å². The fraction of sp³-hybridized carbons (Fsp3) is 0.345. The first kappa shape index (κ1) is 31.6. The molecule has 13 heteroatoms. The largest absolute Gasteiger partial charge is 0.464 e. The maximum Gasteiger partial charge on any atom is 0.326 e. The minimum Gasteiger partial charge on any atom is -0.464 e. The van der Waals surface area contributed by atoms with E-state index in [2.05, 4.69) is 20.4 Å². The number of carbonyl (C=O) groups excluding carboxylic acids is 1. The molecule has 1 N–H and O–H groups in total. The molecule has 10 nitrogen and oxygen atoms in total. The number of ether oxygens (including phenoxy) is 1. The van der Waals surface area contributed by atoms with Crippen molar-refractivity contribution >= 4 is 61.6 Å². The van der Waals surface area contributed by atoms with Crippen molar-refractivity contribution in [3.05, 3.63) is 70.3 Å². The number of hydrogen-bond donors (Lipinski definition) is 1. The van der Waals surface area contributed by atoms with E-state index in [1.165, 1.54) is 18.2 Å². The van der Waals surface area contributed by atoms with Gasteiger partial charge in [0.05, 0.1) is 22.7 Å². The number of likely N-dealkylation sites (N-methyl/N-ethyl adjacent to an activating group) is 1. The molecule has 0 radical (unpaired) electrons. The highest BCUT2D eigenvalue weighted by atomic mass is 35.5. The number of benzene rings is 2. The first-order valence-corrected chi connectivity index (χ1v) is 15.7. The van der Waals surface area contributed by atoms with Crippen molar-refractivity contribution in [1.29, 1.82) is 0 Å². The molecule has 0 aliphatic rings. The molecule has 0 aliphatic heterocycles. The number of rotatable bonds is 13. The summed E-state index contributed by atoms with van der Waals surface area (Å²) >= 11 is 12.2. The van der Waals surface area contributed by atoms with Crippen LogP contribution < -0.4 is 9.62 Å². The van der Waals surface area contributed by atoms with Crippen LogP contribution in [0.15, 0.2) is 59.5 Å². The lowest BCUT2D eigenvalue weighted by Crippen LogP contribution is -2.36. The van der Waals surface area contributed by atoms with Crippen LogP contribution in [0.4, 0.5) is 11.5 Å². The highest BCUT2D eigenvalue weighted by Gasteiger charge is 2.29. The van der Waals surface area contributed by atoms with E-state index in [-0.39, 0.29) is 27.2 Å². The monoisotopic (exact) mass is 632 g/mol. The highest BCUT2D eigenvalue weighted by molar-refractivity contribution is 7.92. The second kappa shape index (κ2) is 13.7. The second-order valence-electron chi connectivity index (χ2n) is 10.1. The van der Waals surface area contributed by atoms with E-state index in [1.807, 2.05) is 50.7 Å². The third kappa shape index (κ3) is 7.52. The number of aryl methyl sites for hydroxylation is 1. The molecule has 2 heterocycles. The van der Waals surface area contributed by atoms with Gasteiger partial charge >= 0.3 is 5.97 Å². The SMILES string of the molecule is CCCCOC(=O)CN(c1ccc2c(c1)cc(C)n2-c1ccc(NCCN(C)C)nn1)S(=O)(=O)c1cc(Cl)cc(Cl)c1. The molecule has 42 heavy (non-hydrogen) atoms. The lowest BCUT2D eigenvalue weighted by atomic mass is 10.2. The number of hydrogen-bond acceptors (Lipinski definition) is 8. The molecule has 0 amide bonds. The third-order valence-corrected chi connectivity index (χ3v) is 8.65. The van der Waals surface area contributed by atoms with Gasteiger partial charge in [-0.1, -0.05) is 36.5 Å². The van der Waals surface area contributed by atoms with Gasteiger partial charge < -0.3 is 15.0 Å². The van der Waals surface area contributed by atoms with Gasteiger partial charge in [0.15, 0.2) is 5.82 Å². The maximum absolute atomic E-state index is 13.8. The van der Waals surface area contributed by atoms with Gasteiger partial charge in [-0.2, -0.15) is 0 Å². The molecule has 224 valence electrons. The summed E-state index contributed by atoms with van der Waals surface area (Å²) in [4.78, 5) is 14.7. The van der Waals surface area contributed by atoms with E-state index >= 15 is 0 Å². The summed E-state index contributed by atoms with van der Waals surface area (Å²) < 4.78 is 35.9. The Kier molecular flexibility index (Phi) is 10.3. The summed E-state index contributed by atoms with van der Waals surface area (Å²) in [5, 5.41) is 13.0. The van der Waals surface area contributed by atoms with Crippen LogP contribution in [0.5, 0.6) is 0 Å². The summed E-state index contributed by atoms with van der Waals surface area (Å²) in [6.45, 7) is 5.19. The van der Waals surface area contributed by atoms with Crippen LogP contribution in [0.25, 0.3) is 16.7 Å². The number of carbonyl (C=O) groups is 1. The Morgan fingerprint density at radius 3 is 2.40 bits per heavy atom. The Morgan fingerprint density at radius 2 is 1.76 bits per heavy atom. The summed E-state index contributed by atoms with van der Waals surface area (Å²) in [6, 6.07) is 14.9. The molecule has 4 aromatic rings. The standard InChI is InChI=1S/C29H34Cl2N6O4S/c1-5-6-13-41-29(38)19-36(42(39,40)25-17-22(30)16-23(31)18-25)24-7-8-26-21(15-24)14-20(2)37(26)28-10-9-27(33-34-28)32-11-12-35(3)4/h7-10,14-18H,5-6,11-13,19H2,1-4H3,(H,32,33). The van der Waals surface area contributed by atoms with Crippen molar-refractivity contribution in [2.75, 3.05) is 50.0 Å². The summed E-state index contributed by atoms with van der Waals surface area (Å²) in [6.07, 6.45) is 1.51. The number of aromatic nitrogens is 3. The Labute approximate surface area is 256 Å². The zero-order chi connectivity index (χ0) is 30.4. The predicted octanol–water partition coefficient (Wildman–Crippen LogP) is 5.55. The van der Waals surface area contributed by atoms with E-state index in [0.717, 1.165) is 40.4 Å². The number of nitrogens with one attached hydrogen (secondary N) is 1. The number of fused-ring (bicyclic) bond motifs is 1. The molecule has 0 atom stereocenters. The molecular formula is C29H34Cl2N6O4S. The van der Waals surface area contributed by atoms with Crippen LogP contribution in [0.2, 0.25) is 10.0 Å². The van der Waals surface area contributed by atoms with Crippen molar-refractivity contribution < 1.29 is 17.9 Å². The van der Waals surface area contributed by atoms with Crippen molar-refractivity contribution in [3.8, 4) is 5.82 Å². The Balaban J connectivity index is 1.70. The van der Waals surface area contributed by atoms with Gasteiger partial charge in [-0.3, -0.25) is 13.7 Å². The number of anilines is 2. The fourth-order valence-electron chi connectivity index (χ4n) is 4.36. The normalized spacial score (nSPS) is 11.7.